The Labute approximate surface area is 185 Å². The summed E-state index contributed by atoms with van der Waals surface area (Å²) >= 11 is 0. The maximum atomic E-state index is 12.3. The second kappa shape index (κ2) is 10.4. The van der Waals surface area contributed by atoms with Crippen LogP contribution in [-0.2, 0) is 13.1 Å². The van der Waals surface area contributed by atoms with E-state index in [0.717, 1.165) is 6.54 Å². The summed E-state index contributed by atoms with van der Waals surface area (Å²) in [6.07, 6.45) is 1.45. The molecule has 164 valence electrons. The predicted molar refractivity (Wildman–Crippen MR) is 124 cm³/mol. The van der Waals surface area contributed by atoms with Crippen molar-refractivity contribution in [1.82, 2.24) is 15.2 Å². The number of amides is 1. The molecule has 5 heteroatoms. The largest absolute Gasteiger partial charge is 0.447 e. The summed E-state index contributed by atoms with van der Waals surface area (Å²) in [6, 6.07) is 17.1. The molecule has 0 aliphatic carbocycles. The number of benzene rings is 2. The van der Waals surface area contributed by atoms with E-state index in [1.807, 2.05) is 6.07 Å². The van der Waals surface area contributed by atoms with Crippen LogP contribution in [0.4, 0.5) is 0 Å². The highest BCUT2D eigenvalue weighted by Gasteiger charge is 2.21. The summed E-state index contributed by atoms with van der Waals surface area (Å²) in [5.41, 5.74) is 5.35. The summed E-state index contributed by atoms with van der Waals surface area (Å²) in [5.74, 6) is 0.735. The predicted octanol–water partition coefficient (Wildman–Crippen LogP) is 5.44. The molecule has 0 aliphatic heterocycles. The van der Waals surface area contributed by atoms with Crippen molar-refractivity contribution in [3.63, 3.8) is 0 Å². The Bertz CT molecular complexity index is 995. The average Bonchev–Trinajstić information content (AvgIpc) is 3.23. The number of nitrogens with one attached hydrogen (secondary N) is 1. The van der Waals surface area contributed by atoms with E-state index in [0.29, 0.717) is 30.6 Å². The lowest BCUT2D eigenvalue weighted by molar-refractivity contribution is 0.0944. The Balaban J connectivity index is 1.81. The molecule has 0 saturated carbocycles. The molecule has 1 aromatic heterocycles. The van der Waals surface area contributed by atoms with Gasteiger partial charge in [0.2, 0.25) is 5.89 Å². The Morgan fingerprint density at radius 1 is 1.06 bits per heavy atom. The van der Waals surface area contributed by atoms with Crippen LogP contribution in [0.5, 0.6) is 0 Å². The minimum Gasteiger partial charge on any atom is -0.447 e. The van der Waals surface area contributed by atoms with Gasteiger partial charge in [-0.3, -0.25) is 9.69 Å². The van der Waals surface area contributed by atoms with Gasteiger partial charge in [-0.25, -0.2) is 4.98 Å². The van der Waals surface area contributed by atoms with Crippen molar-refractivity contribution in [1.29, 1.82) is 0 Å². The first kappa shape index (κ1) is 22.8. The lowest BCUT2D eigenvalue weighted by Gasteiger charge is -2.29. The Kier molecular flexibility index (Phi) is 7.64. The van der Waals surface area contributed by atoms with Crippen LogP contribution < -0.4 is 5.32 Å². The smallest absolute Gasteiger partial charge is 0.273 e. The highest BCUT2D eigenvalue weighted by molar-refractivity contribution is 5.91. The standard InChI is InChI=1S/C26H33N3O2/c1-18(2)14-27-26(30)24-17-31-25(28-24)16-29(21(5)22-9-7-6-8-10-22)15-23-13-19(3)11-12-20(23)4/h6-13,17-18,21H,14-16H2,1-5H3,(H,27,30). The minimum atomic E-state index is -0.194. The first-order chi connectivity index (χ1) is 14.8. The zero-order valence-corrected chi connectivity index (χ0v) is 19.2. The molecule has 0 bridgehead atoms. The van der Waals surface area contributed by atoms with Gasteiger partial charge in [0.25, 0.3) is 5.91 Å². The third kappa shape index (κ3) is 6.28. The van der Waals surface area contributed by atoms with Gasteiger partial charge in [-0.05, 0) is 43.4 Å². The Morgan fingerprint density at radius 2 is 1.81 bits per heavy atom. The summed E-state index contributed by atoms with van der Waals surface area (Å²) in [7, 11) is 0. The first-order valence-corrected chi connectivity index (χ1v) is 10.9. The van der Waals surface area contributed by atoms with Gasteiger partial charge in [-0.15, -0.1) is 0 Å². The van der Waals surface area contributed by atoms with E-state index in [9.17, 15) is 4.79 Å². The quantitative estimate of drug-likeness (QED) is 0.502. The summed E-state index contributed by atoms with van der Waals surface area (Å²) in [5, 5.41) is 2.89. The molecule has 0 spiro atoms. The molecule has 0 radical (unpaired) electrons. The number of aryl methyl sites for hydroxylation is 2. The van der Waals surface area contributed by atoms with Gasteiger partial charge in [0.15, 0.2) is 5.69 Å². The Hall–Kier alpha value is -2.92. The molecular weight excluding hydrogens is 386 g/mol. The van der Waals surface area contributed by atoms with E-state index in [1.54, 1.807) is 0 Å². The van der Waals surface area contributed by atoms with E-state index in [2.05, 4.69) is 92.3 Å². The molecule has 31 heavy (non-hydrogen) atoms. The molecule has 0 aliphatic rings. The van der Waals surface area contributed by atoms with E-state index >= 15 is 0 Å². The maximum absolute atomic E-state index is 12.3. The minimum absolute atomic E-state index is 0.159. The van der Waals surface area contributed by atoms with Crippen LogP contribution in [0.15, 0.2) is 59.2 Å². The van der Waals surface area contributed by atoms with Crippen molar-refractivity contribution in [2.45, 2.75) is 53.8 Å². The number of aromatic nitrogens is 1. The molecule has 1 N–H and O–H groups in total. The van der Waals surface area contributed by atoms with Crippen molar-refractivity contribution in [2.24, 2.45) is 5.92 Å². The third-order valence-corrected chi connectivity index (χ3v) is 5.50. The molecule has 3 rings (SSSR count). The van der Waals surface area contributed by atoms with Gasteiger partial charge >= 0.3 is 0 Å². The fourth-order valence-corrected chi connectivity index (χ4v) is 3.51. The highest BCUT2D eigenvalue weighted by Crippen LogP contribution is 2.26. The van der Waals surface area contributed by atoms with Gasteiger partial charge < -0.3 is 9.73 Å². The summed E-state index contributed by atoms with van der Waals surface area (Å²) in [4.78, 5) is 19.1. The lowest BCUT2D eigenvalue weighted by atomic mass is 10.0. The van der Waals surface area contributed by atoms with Crippen LogP contribution >= 0.6 is 0 Å². The lowest BCUT2D eigenvalue weighted by Crippen LogP contribution is -2.28. The van der Waals surface area contributed by atoms with Crippen molar-refractivity contribution >= 4 is 5.91 Å². The van der Waals surface area contributed by atoms with Crippen molar-refractivity contribution in [3.8, 4) is 0 Å². The molecule has 1 atom stereocenters. The molecule has 1 unspecified atom stereocenters. The molecule has 5 nitrogen and oxygen atoms in total. The van der Waals surface area contributed by atoms with E-state index in [4.69, 9.17) is 4.42 Å². The monoisotopic (exact) mass is 419 g/mol. The van der Waals surface area contributed by atoms with Crippen molar-refractivity contribution in [2.75, 3.05) is 6.54 Å². The van der Waals surface area contributed by atoms with Crippen molar-refractivity contribution < 1.29 is 9.21 Å². The van der Waals surface area contributed by atoms with Gasteiger partial charge in [-0.1, -0.05) is 67.9 Å². The zero-order chi connectivity index (χ0) is 22.4. The normalized spacial score (nSPS) is 12.4. The van der Waals surface area contributed by atoms with Crippen LogP contribution in [0, 0.1) is 19.8 Å². The molecule has 2 aromatic carbocycles. The molecule has 1 amide bonds. The van der Waals surface area contributed by atoms with E-state index < -0.39 is 0 Å². The number of carbonyl (C=O) groups is 1. The number of oxazole rings is 1. The number of nitrogens with zero attached hydrogens (tertiary/aromatic N) is 2. The Morgan fingerprint density at radius 3 is 2.52 bits per heavy atom. The number of hydrogen-bond donors (Lipinski definition) is 1. The molecular formula is C26H33N3O2. The van der Waals surface area contributed by atoms with E-state index in [1.165, 1.54) is 28.5 Å². The maximum Gasteiger partial charge on any atom is 0.273 e. The van der Waals surface area contributed by atoms with E-state index in [-0.39, 0.29) is 11.9 Å². The summed E-state index contributed by atoms with van der Waals surface area (Å²) in [6.45, 7) is 12.5. The average molecular weight is 420 g/mol. The highest BCUT2D eigenvalue weighted by atomic mass is 16.3. The summed E-state index contributed by atoms with van der Waals surface area (Å²) < 4.78 is 5.69. The third-order valence-electron chi connectivity index (χ3n) is 5.50. The molecule has 1 heterocycles. The molecule has 0 saturated heterocycles. The van der Waals surface area contributed by atoms with Crippen LogP contribution in [-0.4, -0.2) is 22.3 Å². The molecule has 0 fully saturated rings. The second-order valence-electron chi connectivity index (χ2n) is 8.65. The van der Waals surface area contributed by atoms with Gasteiger partial charge in [0.1, 0.15) is 6.26 Å². The van der Waals surface area contributed by atoms with Gasteiger partial charge in [0, 0.05) is 19.1 Å². The number of hydrogen-bond acceptors (Lipinski definition) is 4. The number of rotatable bonds is 9. The van der Waals surface area contributed by atoms with Crippen LogP contribution in [0.25, 0.3) is 0 Å². The first-order valence-electron chi connectivity index (χ1n) is 10.9. The molecule has 3 aromatic rings. The topological polar surface area (TPSA) is 58.4 Å². The van der Waals surface area contributed by atoms with Gasteiger partial charge in [0.05, 0.1) is 6.54 Å². The van der Waals surface area contributed by atoms with Crippen LogP contribution in [0.2, 0.25) is 0 Å². The fraction of sp³-hybridized carbons (Fsp3) is 0.385. The fourth-order valence-electron chi connectivity index (χ4n) is 3.51. The van der Waals surface area contributed by atoms with Gasteiger partial charge in [-0.2, -0.15) is 0 Å². The zero-order valence-electron chi connectivity index (χ0n) is 19.2. The second-order valence-corrected chi connectivity index (χ2v) is 8.65. The van der Waals surface area contributed by atoms with Crippen LogP contribution in [0.1, 0.15) is 65.4 Å². The SMILES string of the molecule is Cc1ccc(C)c(CN(Cc2nc(C(=O)NCC(C)C)co2)C(C)c2ccccc2)c1. The van der Waals surface area contributed by atoms with Crippen LogP contribution in [0.3, 0.4) is 0 Å². The number of carbonyl (C=O) groups excluding carboxylic acids is 1. The van der Waals surface area contributed by atoms with Crippen molar-refractivity contribution in [3.05, 3.63) is 88.6 Å².